The largest absolute Gasteiger partial charge is 0.497 e. The van der Waals surface area contributed by atoms with Gasteiger partial charge in [0.1, 0.15) is 5.75 Å². The second-order valence-corrected chi connectivity index (χ2v) is 7.87. The first kappa shape index (κ1) is 20.2. The number of carbonyl (C=O) groups excluding carboxylic acids is 1. The Bertz CT molecular complexity index is 965. The number of ether oxygens (including phenoxy) is 1. The number of aryl methyl sites for hydroxylation is 1. The Kier molecular flexibility index (Phi) is 6.89. The maximum absolute atomic E-state index is 12.3. The first-order chi connectivity index (χ1) is 13.6. The minimum Gasteiger partial charge on any atom is -0.497 e. The van der Waals surface area contributed by atoms with Crippen molar-refractivity contribution in [3.05, 3.63) is 53.2 Å². The maximum atomic E-state index is 12.3. The van der Waals surface area contributed by atoms with Crippen LogP contribution in [-0.4, -0.2) is 33.5 Å². The Morgan fingerprint density at radius 3 is 2.96 bits per heavy atom. The second kappa shape index (κ2) is 9.57. The van der Waals surface area contributed by atoms with E-state index in [1.54, 1.807) is 30.6 Å². The Morgan fingerprint density at radius 2 is 2.25 bits per heavy atom. The van der Waals surface area contributed by atoms with Gasteiger partial charge in [-0.25, -0.2) is 0 Å². The molecular formula is C20H22N4O2S2. The van der Waals surface area contributed by atoms with E-state index in [0.717, 1.165) is 17.8 Å². The number of rotatable bonds is 9. The Balaban J connectivity index is 1.69. The predicted octanol–water partition coefficient (Wildman–Crippen LogP) is 4.49. The first-order valence-electron chi connectivity index (χ1n) is 8.83. The highest BCUT2D eigenvalue weighted by Gasteiger charge is 2.16. The van der Waals surface area contributed by atoms with Crippen molar-refractivity contribution in [1.82, 2.24) is 14.8 Å². The van der Waals surface area contributed by atoms with Crippen LogP contribution in [0.15, 0.2) is 53.5 Å². The number of benzene rings is 1. The standard InChI is InChI=1S/C20H22N4O2S2/c1-4-9-24-19(14-10-17(5-2)27-12-14)22-23-20(24)28-13-18(25)21-15-7-6-8-16(11-15)26-3/h4,6-8,10-12H,1,5,9,13H2,2-3H3,(H,21,25). The summed E-state index contributed by atoms with van der Waals surface area (Å²) in [6.07, 6.45) is 2.80. The van der Waals surface area contributed by atoms with Crippen LogP contribution >= 0.6 is 23.1 Å². The third-order valence-corrected chi connectivity index (χ3v) is 6.02. The highest BCUT2D eigenvalue weighted by molar-refractivity contribution is 7.99. The van der Waals surface area contributed by atoms with Gasteiger partial charge in [-0.2, -0.15) is 0 Å². The van der Waals surface area contributed by atoms with Crippen LogP contribution in [0.2, 0.25) is 0 Å². The number of thioether (sulfide) groups is 1. The average Bonchev–Trinajstić information content (AvgIpc) is 3.33. The summed E-state index contributed by atoms with van der Waals surface area (Å²) in [4.78, 5) is 13.6. The molecular weight excluding hydrogens is 392 g/mol. The van der Waals surface area contributed by atoms with Crippen molar-refractivity contribution in [2.24, 2.45) is 0 Å². The summed E-state index contributed by atoms with van der Waals surface area (Å²) in [7, 11) is 1.59. The van der Waals surface area contributed by atoms with E-state index < -0.39 is 0 Å². The molecule has 1 amide bonds. The number of methoxy groups -OCH3 is 1. The van der Waals surface area contributed by atoms with Crippen molar-refractivity contribution >= 4 is 34.7 Å². The van der Waals surface area contributed by atoms with Crippen LogP contribution < -0.4 is 10.1 Å². The van der Waals surface area contributed by atoms with Gasteiger partial charge in [-0.15, -0.1) is 28.1 Å². The molecule has 0 aliphatic heterocycles. The normalized spacial score (nSPS) is 10.6. The molecule has 1 N–H and O–H groups in total. The summed E-state index contributed by atoms with van der Waals surface area (Å²) in [5.74, 6) is 1.61. The number of hydrogen-bond donors (Lipinski definition) is 1. The molecule has 3 aromatic rings. The number of anilines is 1. The quantitative estimate of drug-likeness (QED) is 0.413. The fraction of sp³-hybridized carbons (Fsp3) is 0.250. The van der Waals surface area contributed by atoms with E-state index in [-0.39, 0.29) is 11.7 Å². The van der Waals surface area contributed by atoms with Gasteiger partial charge in [-0.1, -0.05) is 30.8 Å². The van der Waals surface area contributed by atoms with Gasteiger partial charge in [0.05, 0.1) is 12.9 Å². The molecule has 3 rings (SSSR count). The molecule has 0 atom stereocenters. The van der Waals surface area contributed by atoms with Crippen molar-refractivity contribution in [2.75, 3.05) is 18.2 Å². The number of amides is 1. The van der Waals surface area contributed by atoms with Gasteiger partial charge in [0.2, 0.25) is 5.91 Å². The van der Waals surface area contributed by atoms with Crippen LogP contribution in [0.4, 0.5) is 5.69 Å². The summed E-state index contributed by atoms with van der Waals surface area (Å²) in [5.41, 5.74) is 1.74. The van der Waals surface area contributed by atoms with Crippen LogP contribution in [0.5, 0.6) is 5.75 Å². The van der Waals surface area contributed by atoms with Crippen LogP contribution in [0.1, 0.15) is 11.8 Å². The van der Waals surface area contributed by atoms with E-state index in [1.165, 1.54) is 16.6 Å². The zero-order valence-corrected chi connectivity index (χ0v) is 17.5. The van der Waals surface area contributed by atoms with Crippen molar-refractivity contribution in [3.8, 4) is 17.1 Å². The van der Waals surface area contributed by atoms with Gasteiger partial charge in [-0.3, -0.25) is 9.36 Å². The molecule has 1 aromatic carbocycles. The maximum Gasteiger partial charge on any atom is 0.234 e. The van der Waals surface area contributed by atoms with Crippen molar-refractivity contribution in [1.29, 1.82) is 0 Å². The van der Waals surface area contributed by atoms with Gasteiger partial charge in [0.15, 0.2) is 11.0 Å². The van der Waals surface area contributed by atoms with E-state index in [9.17, 15) is 4.79 Å². The zero-order valence-electron chi connectivity index (χ0n) is 15.8. The van der Waals surface area contributed by atoms with E-state index >= 15 is 0 Å². The molecule has 0 aliphatic carbocycles. The first-order valence-corrected chi connectivity index (χ1v) is 10.7. The molecule has 2 aromatic heterocycles. The van der Waals surface area contributed by atoms with Gasteiger partial charge in [-0.05, 0) is 24.6 Å². The fourth-order valence-corrected chi connectivity index (χ4v) is 4.18. The number of thiophene rings is 1. The van der Waals surface area contributed by atoms with E-state index in [1.807, 2.05) is 22.8 Å². The lowest BCUT2D eigenvalue weighted by Gasteiger charge is -2.08. The third-order valence-electron chi connectivity index (χ3n) is 3.97. The van der Waals surface area contributed by atoms with Crippen LogP contribution in [0, 0.1) is 0 Å². The SMILES string of the molecule is C=CCn1c(SCC(=O)Nc2cccc(OC)c2)nnc1-c1csc(CC)c1. The Hall–Kier alpha value is -2.58. The molecule has 0 radical (unpaired) electrons. The van der Waals surface area contributed by atoms with Gasteiger partial charge < -0.3 is 10.1 Å². The summed E-state index contributed by atoms with van der Waals surface area (Å²) in [6.45, 7) is 6.54. The zero-order chi connectivity index (χ0) is 19.9. The monoisotopic (exact) mass is 414 g/mol. The molecule has 0 unspecified atom stereocenters. The molecule has 0 aliphatic rings. The molecule has 6 nitrogen and oxygen atoms in total. The Morgan fingerprint density at radius 1 is 1.39 bits per heavy atom. The van der Waals surface area contributed by atoms with Crippen LogP contribution in [0.3, 0.4) is 0 Å². The number of allylic oxidation sites excluding steroid dienone is 1. The number of nitrogens with one attached hydrogen (secondary N) is 1. The molecule has 146 valence electrons. The highest BCUT2D eigenvalue weighted by Crippen LogP contribution is 2.28. The highest BCUT2D eigenvalue weighted by atomic mass is 32.2. The number of nitrogens with zero attached hydrogens (tertiary/aromatic N) is 3. The van der Waals surface area contributed by atoms with Crippen molar-refractivity contribution < 1.29 is 9.53 Å². The molecule has 0 fully saturated rings. The number of hydrogen-bond acceptors (Lipinski definition) is 6. The summed E-state index contributed by atoms with van der Waals surface area (Å²) in [6, 6.07) is 9.41. The van der Waals surface area contributed by atoms with Crippen molar-refractivity contribution in [3.63, 3.8) is 0 Å². The third kappa shape index (κ3) is 4.82. The van der Waals surface area contributed by atoms with Crippen LogP contribution in [0.25, 0.3) is 11.4 Å². The van der Waals surface area contributed by atoms with E-state index in [2.05, 4.69) is 40.5 Å². The smallest absolute Gasteiger partial charge is 0.234 e. The molecule has 0 saturated heterocycles. The minimum atomic E-state index is -0.114. The van der Waals surface area contributed by atoms with Crippen molar-refractivity contribution in [2.45, 2.75) is 25.0 Å². The summed E-state index contributed by atoms with van der Waals surface area (Å²) < 4.78 is 7.16. The molecule has 0 bridgehead atoms. The molecule has 8 heteroatoms. The topological polar surface area (TPSA) is 69.0 Å². The Labute approximate surface area is 172 Å². The number of aromatic nitrogens is 3. The van der Waals surface area contributed by atoms with Crippen LogP contribution in [-0.2, 0) is 17.8 Å². The predicted molar refractivity (Wildman–Crippen MR) is 115 cm³/mol. The lowest BCUT2D eigenvalue weighted by molar-refractivity contribution is -0.113. The summed E-state index contributed by atoms with van der Waals surface area (Å²) in [5, 5.41) is 14.3. The molecule has 28 heavy (non-hydrogen) atoms. The van der Waals surface area contributed by atoms with Gasteiger partial charge in [0.25, 0.3) is 0 Å². The fourth-order valence-electron chi connectivity index (χ4n) is 2.61. The lowest BCUT2D eigenvalue weighted by Crippen LogP contribution is -2.14. The average molecular weight is 415 g/mol. The van der Waals surface area contributed by atoms with E-state index in [4.69, 9.17) is 4.74 Å². The van der Waals surface area contributed by atoms with Gasteiger partial charge >= 0.3 is 0 Å². The second-order valence-electron chi connectivity index (χ2n) is 5.93. The molecule has 0 saturated carbocycles. The van der Waals surface area contributed by atoms with Gasteiger partial charge in [0, 0.05) is 34.1 Å². The summed E-state index contributed by atoms with van der Waals surface area (Å²) >= 11 is 3.07. The molecule has 2 heterocycles. The molecule has 0 spiro atoms. The minimum absolute atomic E-state index is 0.114. The lowest BCUT2D eigenvalue weighted by atomic mass is 10.2. The van der Waals surface area contributed by atoms with E-state index in [0.29, 0.717) is 23.1 Å². The number of carbonyl (C=O) groups is 1.